The van der Waals surface area contributed by atoms with Gasteiger partial charge in [0.05, 0.1) is 13.0 Å². The maximum absolute atomic E-state index is 12.2. The number of rotatable bonds is 4. The standard InChI is InChI=1S/C17H24N2O2.ClH/c1-12-3-4-16(7-13(12)2)21-6-5-17(20)19-10-14-8-18-9-15(14)11-19;/h3-4,7,14-15,18H,5-6,8-11H2,1-2H3;1H/t14-,15+;. The molecule has 3 rings (SSSR count). The number of halogens is 1. The summed E-state index contributed by atoms with van der Waals surface area (Å²) in [7, 11) is 0. The summed E-state index contributed by atoms with van der Waals surface area (Å²) in [6, 6.07) is 6.06. The van der Waals surface area contributed by atoms with Crippen LogP contribution in [-0.4, -0.2) is 43.6 Å². The lowest BCUT2D eigenvalue weighted by molar-refractivity contribution is -0.130. The number of ether oxygens (including phenoxy) is 1. The van der Waals surface area contributed by atoms with Gasteiger partial charge in [0.15, 0.2) is 0 Å². The maximum Gasteiger partial charge on any atom is 0.226 e. The molecule has 0 saturated carbocycles. The minimum Gasteiger partial charge on any atom is -0.493 e. The van der Waals surface area contributed by atoms with Gasteiger partial charge in [-0.05, 0) is 48.9 Å². The Bertz CT molecular complexity index is 523. The summed E-state index contributed by atoms with van der Waals surface area (Å²) in [6.45, 7) is 8.58. The first kappa shape index (κ1) is 17.1. The Hall–Kier alpha value is -1.26. The van der Waals surface area contributed by atoms with Crippen LogP contribution in [0.2, 0.25) is 0 Å². The number of amides is 1. The van der Waals surface area contributed by atoms with Crippen LogP contribution in [0.15, 0.2) is 18.2 Å². The predicted molar refractivity (Wildman–Crippen MR) is 89.7 cm³/mol. The molecule has 1 aromatic carbocycles. The molecule has 5 heteroatoms. The normalized spacial score (nSPS) is 23.1. The molecule has 0 unspecified atom stereocenters. The molecule has 0 spiro atoms. The van der Waals surface area contributed by atoms with Crippen LogP contribution in [0.4, 0.5) is 0 Å². The fraction of sp³-hybridized carbons (Fsp3) is 0.588. The van der Waals surface area contributed by atoms with Crippen molar-refractivity contribution in [2.24, 2.45) is 11.8 Å². The van der Waals surface area contributed by atoms with Crippen molar-refractivity contribution in [3.8, 4) is 5.75 Å². The second-order valence-electron chi connectivity index (χ2n) is 6.32. The molecule has 0 aliphatic carbocycles. The summed E-state index contributed by atoms with van der Waals surface area (Å²) in [5, 5.41) is 3.40. The van der Waals surface area contributed by atoms with E-state index in [1.54, 1.807) is 0 Å². The van der Waals surface area contributed by atoms with E-state index in [9.17, 15) is 4.79 Å². The van der Waals surface area contributed by atoms with Gasteiger partial charge < -0.3 is 15.0 Å². The van der Waals surface area contributed by atoms with Crippen molar-refractivity contribution in [3.63, 3.8) is 0 Å². The molecule has 0 radical (unpaired) electrons. The molecule has 0 aromatic heterocycles. The first-order valence-electron chi connectivity index (χ1n) is 7.82. The van der Waals surface area contributed by atoms with E-state index in [1.807, 2.05) is 17.0 Å². The maximum atomic E-state index is 12.2. The molecule has 122 valence electrons. The average molecular weight is 325 g/mol. The highest BCUT2D eigenvalue weighted by Gasteiger charge is 2.37. The van der Waals surface area contributed by atoms with Gasteiger partial charge in [-0.2, -0.15) is 0 Å². The minimum absolute atomic E-state index is 0. The van der Waals surface area contributed by atoms with Crippen LogP contribution in [0, 0.1) is 25.7 Å². The highest BCUT2D eigenvalue weighted by Crippen LogP contribution is 2.26. The number of benzene rings is 1. The van der Waals surface area contributed by atoms with Gasteiger partial charge in [-0.15, -0.1) is 12.4 Å². The van der Waals surface area contributed by atoms with E-state index in [0.717, 1.165) is 31.9 Å². The van der Waals surface area contributed by atoms with E-state index >= 15 is 0 Å². The number of likely N-dealkylation sites (tertiary alicyclic amines) is 1. The SMILES string of the molecule is Cc1ccc(OCCC(=O)N2C[C@H]3CNC[C@H]3C2)cc1C.Cl. The number of hydrogen-bond acceptors (Lipinski definition) is 3. The zero-order chi connectivity index (χ0) is 14.8. The quantitative estimate of drug-likeness (QED) is 0.923. The van der Waals surface area contributed by atoms with E-state index in [4.69, 9.17) is 4.74 Å². The van der Waals surface area contributed by atoms with E-state index in [2.05, 4.69) is 25.2 Å². The van der Waals surface area contributed by atoms with E-state index in [-0.39, 0.29) is 18.3 Å². The fourth-order valence-corrected chi connectivity index (χ4v) is 3.28. The Kier molecular flexibility index (Phi) is 5.70. The van der Waals surface area contributed by atoms with Crippen LogP contribution < -0.4 is 10.1 Å². The Morgan fingerprint density at radius 3 is 2.55 bits per heavy atom. The van der Waals surface area contributed by atoms with Gasteiger partial charge >= 0.3 is 0 Å². The van der Waals surface area contributed by atoms with Gasteiger partial charge in [0.2, 0.25) is 5.91 Å². The van der Waals surface area contributed by atoms with E-state index in [1.165, 1.54) is 11.1 Å². The third-order valence-corrected chi connectivity index (χ3v) is 4.81. The second-order valence-corrected chi connectivity index (χ2v) is 6.32. The van der Waals surface area contributed by atoms with Crippen LogP contribution in [0.5, 0.6) is 5.75 Å². The molecule has 2 atom stereocenters. The summed E-state index contributed by atoms with van der Waals surface area (Å²) in [4.78, 5) is 14.2. The van der Waals surface area contributed by atoms with Gasteiger partial charge in [0, 0.05) is 26.2 Å². The largest absolute Gasteiger partial charge is 0.493 e. The Labute approximate surface area is 138 Å². The minimum atomic E-state index is 0. The molecular weight excluding hydrogens is 300 g/mol. The van der Waals surface area contributed by atoms with Crippen molar-refractivity contribution < 1.29 is 9.53 Å². The molecule has 2 saturated heterocycles. The monoisotopic (exact) mass is 324 g/mol. The number of nitrogens with one attached hydrogen (secondary N) is 1. The van der Waals surface area contributed by atoms with Crippen molar-refractivity contribution in [1.29, 1.82) is 0 Å². The number of nitrogens with zero attached hydrogens (tertiary/aromatic N) is 1. The lowest BCUT2D eigenvalue weighted by Crippen LogP contribution is -2.32. The van der Waals surface area contributed by atoms with Crippen LogP contribution in [-0.2, 0) is 4.79 Å². The fourth-order valence-electron chi connectivity index (χ4n) is 3.28. The zero-order valence-corrected chi connectivity index (χ0v) is 14.1. The number of fused-ring (bicyclic) bond motifs is 1. The summed E-state index contributed by atoms with van der Waals surface area (Å²) < 4.78 is 5.71. The third-order valence-electron chi connectivity index (χ3n) is 4.81. The summed E-state index contributed by atoms with van der Waals surface area (Å²) in [6.07, 6.45) is 0.472. The summed E-state index contributed by atoms with van der Waals surface area (Å²) >= 11 is 0. The molecule has 1 aromatic rings. The van der Waals surface area contributed by atoms with Gasteiger partial charge in [-0.1, -0.05) is 6.07 Å². The average Bonchev–Trinajstić information content (AvgIpc) is 3.03. The molecular formula is C17H25ClN2O2. The van der Waals surface area contributed by atoms with Gasteiger partial charge in [-0.25, -0.2) is 0 Å². The Morgan fingerprint density at radius 1 is 1.23 bits per heavy atom. The number of carbonyl (C=O) groups excluding carboxylic acids is 1. The highest BCUT2D eigenvalue weighted by atomic mass is 35.5. The topological polar surface area (TPSA) is 41.6 Å². The molecule has 2 fully saturated rings. The van der Waals surface area contributed by atoms with Crippen molar-refractivity contribution in [2.75, 3.05) is 32.8 Å². The van der Waals surface area contributed by atoms with E-state index < -0.39 is 0 Å². The van der Waals surface area contributed by atoms with Crippen LogP contribution in [0.1, 0.15) is 17.5 Å². The molecule has 0 bridgehead atoms. The lowest BCUT2D eigenvalue weighted by Gasteiger charge is -2.17. The number of carbonyl (C=O) groups is 1. The molecule has 2 aliphatic rings. The Morgan fingerprint density at radius 2 is 1.91 bits per heavy atom. The zero-order valence-electron chi connectivity index (χ0n) is 13.3. The van der Waals surface area contributed by atoms with E-state index in [0.29, 0.717) is 24.9 Å². The Balaban J connectivity index is 0.00000176. The molecule has 2 heterocycles. The molecule has 22 heavy (non-hydrogen) atoms. The third kappa shape index (κ3) is 3.73. The molecule has 4 nitrogen and oxygen atoms in total. The first-order valence-corrected chi connectivity index (χ1v) is 7.82. The summed E-state index contributed by atoms with van der Waals surface area (Å²) in [5.74, 6) is 2.41. The number of aryl methyl sites for hydroxylation is 2. The molecule has 1 amide bonds. The van der Waals surface area contributed by atoms with Gasteiger partial charge in [0.25, 0.3) is 0 Å². The van der Waals surface area contributed by atoms with Crippen molar-refractivity contribution in [3.05, 3.63) is 29.3 Å². The summed E-state index contributed by atoms with van der Waals surface area (Å²) in [5.41, 5.74) is 2.48. The van der Waals surface area contributed by atoms with Crippen LogP contribution >= 0.6 is 12.4 Å². The first-order chi connectivity index (χ1) is 10.1. The molecule has 1 N–H and O–H groups in total. The van der Waals surface area contributed by atoms with Crippen molar-refractivity contribution in [2.45, 2.75) is 20.3 Å². The van der Waals surface area contributed by atoms with Crippen LogP contribution in [0.3, 0.4) is 0 Å². The van der Waals surface area contributed by atoms with Gasteiger partial charge in [-0.3, -0.25) is 4.79 Å². The second kappa shape index (κ2) is 7.34. The van der Waals surface area contributed by atoms with Gasteiger partial charge in [0.1, 0.15) is 5.75 Å². The lowest BCUT2D eigenvalue weighted by atomic mass is 10.0. The van der Waals surface area contributed by atoms with Crippen molar-refractivity contribution >= 4 is 18.3 Å². The van der Waals surface area contributed by atoms with Crippen molar-refractivity contribution in [1.82, 2.24) is 10.2 Å². The smallest absolute Gasteiger partial charge is 0.226 e. The molecule has 2 aliphatic heterocycles. The highest BCUT2D eigenvalue weighted by molar-refractivity contribution is 5.85. The van der Waals surface area contributed by atoms with Crippen LogP contribution in [0.25, 0.3) is 0 Å². The number of hydrogen-bond donors (Lipinski definition) is 1. The predicted octanol–water partition coefficient (Wildman–Crippen LogP) is 2.17.